The van der Waals surface area contributed by atoms with Gasteiger partial charge in [-0.15, -0.1) is 11.3 Å². The van der Waals surface area contributed by atoms with Crippen molar-refractivity contribution < 1.29 is 9.59 Å². The Hall–Kier alpha value is -1.99. The lowest BCUT2D eigenvalue weighted by Crippen LogP contribution is -2.40. The molecule has 2 aromatic rings. The smallest absolute Gasteiger partial charge is 0.266 e. The number of amides is 2. The van der Waals surface area contributed by atoms with Crippen molar-refractivity contribution in [1.29, 1.82) is 0 Å². The molecule has 0 radical (unpaired) electrons. The van der Waals surface area contributed by atoms with Crippen LogP contribution in [0.4, 0.5) is 5.69 Å². The van der Waals surface area contributed by atoms with Crippen molar-refractivity contribution in [3.8, 4) is 0 Å². The molecular weight excluding hydrogens is 324 g/mol. The average Bonchev–Trinajstić information content (AvgIpc) is 3.15. The number of hydrogen-bond donors (Lipinski definition) is 1. The molecule has 0 saturated carbocycles. The minimum absolute atomic E-state index is 0.0241. The number of carbonyl (C=O) groups is 2. The van der Waals surface area contributed by atoms with Crippen molar-refractivity contribution in [1.82, 2.24) is 14.8 Å². The van der Waals surface area contributed by atoms with E-state index in [4.69, 9.17) is 4.98 Å². The third-order valence-corrected chi connectivity index (χ3v) is 6.37. The first-order valence-electron chi connectivity index (χ1n) is 8.37. The fourth-order valence-corrected chi connectivity index (χ4v) is 5.10. The Bertz CT molecular complexity index is 890. The third kappa shape index (κ3) is 1.94. The maximum atomic E-state index is 12.9. The van der Waals surface area contributed by atoms with Gasteiger partial charge in [-0.25, -0.2) is 4.98 Å². The van der Waals surface area contributed by atoms with Gasteiger partial charge < -0.3 is 15.1 Å². The molecule has 0 bridgehead atoms. The van der Waals surface area contributed by atoms with Crippen LogP contribution in [0.15, 0.2) is 6.07 Å². The van der Waals surface area contributed by atoms with E-state index in [-0.39, 0.29) is 17.9 Å². The predicted octanol–water partition coefficient (Wildman–Crippen LogP) is 1.84. The van der Waals surface area contributed by atoms with Gasteiger partial charge in [-0.2, -0.15) is 0 Å². The Balaban J connectivity index is 1.69. The number of hydrogen-bond acceptors (Lipinski definition) is 5. The second kappa shape index (κ2) is 5.00. The molecule has 1 N–H and O–H groups in total. The molecule has 1 fully saturated rings. The van der Waals surface area contributed by atoms with Crippen LogP contribution in [0.2, 0.25) is 0 Å². The number of pyridine rings is 1. The van der Waals surface area contributed by atoms with Crippen LogP contribution in [0, 0.1) is 0 Å². The van der Waals surface area contributed by atoms with E-state index in [9.17, 15) is 9.59 Å². The molecule has 5 rings (SSSR count). The average molecular weight is 342 g/mol. The first-order chi connectivity index (χ1) is 11.6. The fraction of sp³-hybridized carbons (Fsp3) is 0.471. The highest BCUT2D eigenvalue weighted by Crippen LogP contribution is 2.40. The van der Waals surface area contributed by atoms with Gasteiger partial charge in [0.15, 0.2) is 0 Å². The van der Waals surface area contributed by atoms with E-state index in [1.165, 1.54) is 16.9 Å². The van der Waals surface area contributed by atoms with E-state index in [1.54, 1.807) is 4.90 Å². The summed E-state index contributed by atoms with van der Waals surface area (Å²) in [6.07, 6.45) is 2.57. The maximum Gasteiger partial charge on any atom is 0.266 e. The molecule has 0 aliphatic carbocycles. The maximum absolute atomic E-state index is 12.9. The highest BCUT2D eigenvalue weighted by molar-refractivity contribution is 7.21. The second-order valence-electron chi connectivity index (χ2n) is 6.89. The SMILES string of the molecule is CN1CCc2nc3sc4c(c3cc2C1)NC(=O)C1CCCN1C4=O. The van der Waals surface area contributed by atoms with Gasteiger partial charge in [0.2, 0.25) is 5.91 Å². The van der Waals surface area contributed by atoms with E-state index in [1.807, 2.05) is 0 Å². The van der Waals surface area contributed by atoms with Crippen LogP contribution >= 0.6 is 11.3 Å². The summed E-state index contributed by atoms with van der Waals surface area (Å²) >= 11 is 1.42. The highest BCUT2D eigenvalue weighted by Gasteiger charge is 2.40. The van der Waals surface area contributed by atoms with Gasteiger partial charge in [0.05, 0.1) is 5.69 Å². The predicted molar refractivity (Wildman–Crippen MR) is 92.3 cm³/mol. The first kappa shape index (κ1) is 14.4. The molecule has 0 aromatic carbocycles. The summed E-state index contributed by atoms with van der Waals surface area (Å²) in [5.74, 6) is -0.0851. The Kier molecular flexibility index (Phi) is 2.99. The van der Waals surface area contributed by atoms with Gasteiger partial charge in [0.25, 0.3) is 5.91 Å². The van der Waals surface area contributed by atoms with Gasteiger partial charge in [0, 0.05) is 37.1 Å². The van der Waals surface area contributed by atoms with Gasteiger partial charge in [-0.1, -0.05) is 0 Å². The number of anilines is 1. The molecule has 2 amide bonds. The number of fused-ring (bicyclic) bond motifs is 5. The Morgan fingerprint density at radius 3 is 3.08 bits per heavy atom. The molecule has 5 heterocycles. The van der Waals surface area contributed by atoms with Gasteiger partial charge in [0.1, 0.15) is 15.7 Å². The standard InChI is InChI=1S/C17H18N4O2S/c1-20-6-4-11-9(8-20)7-10-13-14(24-16(10)18-11)17(23)21-5-2-3-12(21)15(22)19-13/h7,12H,2-6,8H2,1H3,(H,19,22). The van der Waals surface area contributed by atoms with Gasteiger partial charge >= 0.3 is 0 Å². The first-order valence-corrected chi connectivity index (χ1v) is 9.19. The summed E-state index contributed by atoms with van der Waals surface area (Å²) in [5.41, 5.74) is 2.99. The lowest BCUT2D eigenvalue weighted by Gasteiger charge is -2.24. The van der Waals surface area contributed by atoms with Crippen LogP contribution < -0.4 is 5.32 Å². The number of nitrogens with zero attached hydrogens (tertiary/aromatic N) is 3. The van der Waals surface area contributed by atoms with Crippen molar-refractivity contribution in [2.45, 2.75) is 31.8 Å². The van der Waals surface area contributed by atoms with E-state index < -0.39 is 0 Å². The van der Waals surface area contributed by atoms with Gasteiger partial charge in [-0.3, -0.25) is 9.59 Å². The molecule has 7 heteroatoms. The molecule has 24 heavy (non-hydrogen) atoms. The zero-order valence-electron chi connectivity index (χ0n) is 13.5. The number of carbonyl (C=O) groups excluding carboxylic acids is 2. The number of rotatable bonds is 0. The molecule has 6 nitrogen and oxygen atoms in total. The van der Waals surface area contributed by atoms with Crippen molar-refractivity contribution in [3.05, 3.63) is 22.2 Å². The zero-order chi connectivity index (χ0) is 16.4. The molecule has 3 aliphatic rings. The minimum atomic E-state index is -0.316. The zero-order valence-corrected chi connectivity index (χ0v) is 14.3. The highest BCUT2D eigenvalue weighted by atomic mass is 32.1. The molecule has 0 spiro atoms. The van der Waals surface area contributed by atoms with Crippen LogP contribution in [-0.2, 0) is 17.8 Å². The van der Waals surface area contributed by atoms with E-state index in [0.29, 0.717) is 17.1 Å². The fourth-order valence-electron chi connectivity index (χ4n) is 4.01. The molecule has 1 saturated heterocycles. The molecule has 1 atom stereocenters. The van der Waals surface area contributed by atoms with Crippen LogP contribution in [0.1, 0.15) is 33.8 Å². The quantitative estimate of drug-likeness (QED) is 0.793. The van der Waals surface area contributed by atoms with Crippen LogP contribution in [-0.4, -0.2) is 52.8 Å². The summed E-state index contributed by atoms with van der Waals surface area (Å²) in [4.78, 5) is 35.8. The monoisotopic (exact) mass is 342 g/mol. The molecule has 3 aliphatic heterocycles. The summed E-state index contributed by atoms with van der Waals surface area (Å²) in [6.45, 7) is 2.53. The Labute approximate surface area is 143 Å². The molecule has 2 aromatic heterocycles. The number of thiophene rings is 1. The van der Waals surface area contributed by atoms with E-state index in [2.05, 4.69) is 23.3 Å². The summed E-state index contributed by atoms with van der Waals surface area (Å²) in [6, 6.07) is 1.80. The lowest BCUT2D eigenvalue weighted by molar-refractivity contribution is -0.119. The summed E-state index contributed by atoms with van der Waals surface area (Å²) in [7, 11) is 2.10. The van der Waals surface area contributed by atoms with Gasteiger partial charge in [-0.05, 0) is 31.5 Å². The minimum Gasteiger partial charge on any atom is -0.326 e. The molecular formula is C17H18N4O2S. The van der Waals surface area contributed by atoms with Crippen LogP contribution in [0.3, 0.4) is 0 Å². The third-order valence-electron chi connectivity index (χ3n) is 5.28. The molecule has 124 valence electrons. The van der Waals surface area contributed by atoms with Crippen molar-refractivity contribution >= 4 is 39.1 Å². The largest absolute Gasteiger partial charge is 0.326 e. The van der Waals surface area contributed by atoms with E-state index >= 15 is 0 Å². The second-order valence-corrected chi connectivity index (χ2v) is 7.89. The number of likely N-dealkylation sites (N-methyl/N-ethyl adjacent to an activating group) is 1. The van der Waals surface area contributed by atoms with Crippen molar-refractivity contribution in [3.63, 3.8) is 0 Å². The molecule has 1 unspecified atom stereocenters. The van der Waals surface area contributed by atoms with E-state index in [0.717, 1.165) is 48.3 Å². The Morgan fingerprint density at radius 2 is 2.21 bits per heavy atom. The summed E-state index contributed by atoms with van der Waals surface area (Å²) in [5, 5.41) is 3.93. The van der Waals surface area contributed by atoms with Crippen LogP contribution in [0.5, 0.6) is 0 Å². The van der Waals surface area contributed by atoms with Crippen molar-refractivity contribution in [2.75, 3.05) is 25.5 Å². The van der Waals surface area contributed by atoms with Crippen molar-refractivity contribution in [2.24, 2.45) is 0 Å². The lowest BCUT2D eigenvalue weighted by atomic mass is 10.0. The number of nitrogens with one attached hydrogen (secondary N) is 1. The van der Waals surface area contributed by atoms with Crippen LogP contribution in [0.25, 0.3) is 10.2 Å². The Morgan fingerprint density at radius 1 is 1.33 bits per heavy atom. The topological polar surface area (TPSA) is 65.5 Å². The summed E-state index contributed by atoms with van der Waals surface area (Å²) < 4.78 is 0. The number of aromatic nitrogens is 1. The normalized spacial score (nSPS) is 23.7.